The van der Waals surface area contributed by atoms with Gasteiger partial charge in [0.1, 0.15) is 12.2 Å². The van der Waals surface area contributed by atoms with Crippen molar-refractivity contribution in [3.63, 3.8) is 0 Å². The van der Waals surface area contributed by atoms with E-state index in [1.54, 1.807) is 29.5 Å². The van der Waals surface area contributed by atoms with Crippen LogP contribution in [0.2, 0.25) is 0 Å². The summed E-state index contributed by atoms with van der Waals surface area (Å²) < 4.78 is 17.9. The Morgan fingerprint density at radius 1 is 1.44 bits per heavy atom. The van der Waals surface area contributed by atoms with Crippen molar-refractivity contribution in [2.24, 2.45) is 0 Å². The second-order valence-electron chi connectivity index (χ2n) is 3.03. The minimum Gasteiger partial charge on any atom is -0.466 e. The van der Waals surface area contributed by atoms with Gasteiger partial charge in [-0.05, 0) is 47.7 Å². The third-order valence-electron chi connectivity index (χ3n) is 1.85. The van der Waals surface area contributed by atoms with E-state index >= 15 is 0 Å². The average molecular weight is 336 g/mol. The van der Waals surface area contributed by atoms with Crippen molar-refractivity contribution in [2.75, 3.05) is 6.61 Å². The first-order chi connectivity index (χ1) is 7.54. The number of hydrogen-bond acceptors (Lipinski definition) is 3. The van der Waals surface area contributed by atoms with Crippen molar-refractivity contribution in [3.8, 4) is 0 Å². The van der Waals surface area contributed by atoms with Crippen molar-refractivity contribution in [1.82, 2.24) is 0 Å². The van der Waals surface area contributed by atoms with Crippen molar-refractivity contribution in [2.45, 2.75) is 13.3 Å². The van der Waals surface area contributed by atoms with Gasteiger partial charge in [-0.1, -0.05) is 0 Å². The van der Waals surface area contributed by atoms with Crippen molar-refractivity contribution in [1.29, 1.82) is 0 Å². The maximum Gasteiger partial charge on any atom is 0.313 e. The molecule has 0 heterocycles. The van der Waals surface area contributed by atoms with Gasteiger partial charge in [0.05, 0.1) is 6.61 Å². The number of Topliss-reactive ketones (excluding diaryl/α,β-unsaturated/α-hetero) is 1. The van der Waals surface area contributed by atoms with Gasteiger partial charge in [-0.3, -0.25) is 9.59 Å². The lowest BCUT2D eigenvalue weighted by atomic mass is 10.1. The lowest BCUT2D eigenvalue weighted by Gasteiger charge is -2.02. The van der Waals surface area contributed by atoms with Crippen LogP contribution in [0.4, 0.5) is 4.39 Å². The van der Waals surface area contributed by atoms with E-state index in [1.165, 1.54) is 18.2 Å². The second kappa shape index (κ2) is 5.93. The summed E-state index contributed by atoms with van der Waals surface area (Å²) in [5.41, 5.74) is 0.318. The fourth-order valence-corrected chi connectivity index (χ4v) is 1.63. The number of halogens is 2. The zero-order valence-corrected chi connectivity index (χ0v) is 10.8. The maximum atomic E-state index is 12.9. The molecule has 86 valence electrons. The molecule has 0 amide bonds. The number of ether oxygens (including phenoxy) is 1. The predicted molar refractivity (Wildman–Crippen MR) is 64.7 cm³/mol. The first-order valence-corrected chi connectivity index (χ1v) is 5.76. The molecule has 0 aliphatic carbocycles. The SMILES string of the molecule is CCOC(=O)CC(=O)c1ccc(F)c(I)c1. The Morgan fingerprint density at radius 2 is 2.12 bits per heavy atom. The Bertz CT molecular complexity index is 418. The highest BCUT2D eigenvalue weighted by molar-refractivity contribution is 14.1. The van der Waals surface area contributed by atoms with Crippen LogP contribution in [0, 0.1) is 9.39 Å². The standard InChI is InChI=1S/C11H10FIO3/c1-2-16-11(15)6-10(14)7-3-4-8(12)9(13)5-7/h3-5H,2,6H2,1H3. The molecule has 0 aliphatic heterocycles. The highest BCUT2D eigenvalue weighted by Gasteiger charge is 2.13. The highest BCUT2D eigenvalue weighted by Crippen LogP contribution is 2.14. The van der Waals surface area contributed by atoms with Crippen LogP contribution >= 0.6 is 22.6 Å². The molecule has 0 N–H and O–H groups in total. The van der Waals surface area contributed by atoms with E-state index in [1.807, 2.05) is 0 Å². The van der Waals surface area contributed by atoms with E-state index < -0.39 is 5.97 Å². The molecule has 0 fully saturated rings. The molecule has 0 aliphatic rings. The van der Waals surface area contributed by atoms with E-state index in [4.69, 9.17) is 0 Å². The highest BCUT2D eigenvalue weighted by atomic mass is 127. The van der Waals surface area contributed by atoms with Gasteiger partial charge in [0.25, 0.3) is 0 Å². The largest absolute Gasteiger partial charge is 0.466 e. The molecule has 0 spiro atoms. The molecule has 1 aromatic carbocycles. The van der Waals surface area contributed by atoms with E-state index in [0.717, 1.165) is 0 Å². The summed E-state index contributed by atoms with van der Waals surface area (Å²) in [6.07, 6.45) is -0.310. The molecule has 0 saturated carbocycles. The fourth-order valence-electron chi connectivity index (χ4n) is 1.11. The first kappa shape index (κ1) is 13.1. The van der Waals surface area contributed by atoms with Crippen LogP contribution in [0.5, 0.6) is 0 Å². The topological polar surface area (TPSA) is 43.4 Å². The fraction of sp³-hybridized carbons (Fsp3) is 0.273. The molecule has 0 unspecified atom stereocenters. The third-order valence-corrected chi connectivity index (χ3v) is 2.68. The van der Waals surface area contributed by atoms with Crippen LogP contribution in [0.25, 0.3) is 0 Å². The zero-order chi connectivity index (χ0) is 12.1. The van der Waals surface area contributed by atoms with Gasteiger partial charge in [-0.25, -0.2) is 4.39 Å². The smallest absolute Gasteiger partial charge is 0.313 e. The minimum absolute atomic E-state index is 0.243. The Balaban J connectivity index is 2.73. The number of ketones is 1. The normalized spacial score (nSPS) is 9.94. The van der Waals surface area contributed by atoms with E-state index in [9.17, 15) is 14.0 Å². The lowest BCUT2D eigenvalue weighted by Crippen LogP contribution is -2.11. The predicted octanol–water partition coefficient (Wildman–Crippen LogP) is 2.57. The van der Waals surface area contributed by atoms with Crippen LogP contribution in [0.1, 0.15) is 23.7 Å². The summed E-state index contributed by atoms with van der Waals surface area (Å²) in [5.74, 6) is -1.31. The van der Waals surface area contributed by atoms with Crippen molar-refractivity contribution >= 4 is 34.3 Å². The Morgan fingerprint density at radius 3 is 2.69 bits per heavy atom. The van der Waals surface area contributed by atoms with Crippen LogP contribution in [0.15, 0.2) is 18.2 Å². The summed E-state index contributed by atoms with van der Waals surface area (Å²) in [6.45, 7) is 1.91. The summed E-state index contributed by atoms with van der Waals surface area (Å²) in [5, 5.41) is 0. The van der Waals surface area contributed by atoms with Crippen molar-refractivity contribution < 1.29 is 18.7 Å². The number of carbonyl (C=O) groups excluding carboxylic acids is 2. The molecule has 1 aromatic rings. The number of rotatable bonds is 4. The van der Waals surface area contributed by atoms with Gasteiger partial charge in [-0.2, -0.15) is 0 Å². The van der Waals surface area contributed by atoms with Gasteiger partial charge in [-0.15, -0.1) is 0 Å². The molecule has 0 saturated heterocycles. The molecule has 16 heavy (non-hydrogen) atoms. The van der Waals surface area contributed by atoms with Gasteiger partial charge < -0.3 is 4.74 Å². The molecule has 3 nitrogen and oxygen atoms in total. The Labute approximate surface area is 106 Å². The minimum atomic E-state index is -0.563. The maximum absolute atomic E-state index is 12.9. The molecule has 0 radical (unpaired) electrons. The van der Waals surface area contributed by atoms with E-state index in [-0.39, 0.29) is 24.6 Å². The van der Waals surface area contributed by atoms with Gasteiger partial charge >= 0.3 is 5.97 Å². The summed E-state index contributed by atoms with van der Waals surface area (Å²) >= 11 is 1.79. The quantitative estimate of drug-likeness (QED) is 0.367. The monoisotopic (exact) mass is 336 g/mol. The Hall–Kier alpha value is -0.980. The van der Waals surface area contributed by atoms with Crippen LogP contribution < -0.4 is 0 Å². The zero-order valence-electron chi connectivity index (χ0n) is 8.63. The van der Waals surface area contributed by atoms with Crippen LogP contribution in [-0.4, -0.2) is 18.4 Å². The lowest BCUT2D eigenvalue weighted by molar-refractivity contribution is -0.141. The molecular formula is C11H10FIO3. The molecule has 0 aromatic heterocycles. The van der Waals surface area contributed by atoms with Gasteiger partial charge in [0.15, 0.2) is 5.78 Å². The number of esters is 1. The van der Waals surface area contributed by atoms with Gasteiger partial charge in [0, 0.05) is 9.13 Å². The summed E-state index contributed by atoms with van der Waals surface area (Å²) in [4.78, 5) is 22.6. The number of hydrogen-bond donors (Lipinski definition) is 0. The first-order valence-electron chi connectivity index (χ1n) is 4.68. The molecule has 5 heteroatoms. The molecule has 0 bridgehead atoms. The summed E-state index contributed by atoms with van der Waals surface area (Å²) in [6, 6.07) is 3.98. The second-order valence-corrected chi connectivity index (χ2v) is 4.20. The van der Waals surface area contributed by atoms with E-state index in [2.05, 4.69) is 4.74 Å². The van der Waals surface area contributed by atoms with Crippen LogP contribution in [-0.2, 0) is 9.53 Å². The van der Waals surface area contributed by atoms with Crippen LogP contribution in [0.3, 0.4) is 0 Å². The summed E-state index contributed by atoms with van der Waals surface area (Å²) in [7, 11) is 0. The average Bonchev–Trinajstić information content (AvgIpc) is 2.22. The number of carbonyl (C=O) groups is 2. The molecule has 0 atom stereocenters. The third kappa shape index (κ3) is 3.55. The van der Waals surface area contributed by atoms with E-state index in [0.29, 0.717) is 9.13 Å². The number of benzene rings is 1. The molecule has 1 rings (SSSR count). The Kier molecular flexibility index (Phi) is 4.85. The van der Waals surface area contributed by atoms with Gasteiger partial charge in [0.2, 0.25) is 0 Å². The molecular weight excluding hydrogens is 326 g/mol. The van der Waals surface area contributed by atoms with Crippen molar-refractivity contribution in [3.05, 3.63) is 33.1 Å².